The van der Waals surface area contributed by atoms with Crippen LogP contribution >= 0.6 is 0 Å². The van der Waals surface area contributed by atoms with Crippen LogP contribution in [0.5, 0.6) is 0 Å². The Morgan fingerprint density at radius 3 is 2.89 bits per heavy atom. The van der Waals surface area contributed by atoms with Crippen molar-refractivity contribution in [2.75, 3.05) is 32.9 Å². The lowest BCUT2D eigenvalue weighted by molar-refractivity contribution is 0.0692. The normalized spacial score (nSPS) is 15.2. The molecule has 1 aliphatic rings. The first-order valence-corrected chi connectivity index (χ1v) is 6.47. The first-order valence-electron chi connectivity index (χ1n) is 6.47. The van der Waals surface area contributed by atoms with Gasteiger partial charge in [-0.15, -0.1) is 0 Å². The average molecular weight is 265 g/mol. The molecule has 5 nitrogen and oxygen atoms in total. The van der Waals surface area contributed by atoms with Gasteiger partial charge in [0.25, 0.3) is 0 Å². The maximum atomic E-state index is 11.0. The van der Waals surface area contributed by atoms with Crippen LogP contribution in [0.15, 0.2) is 18.2 Å². The van der Waals surface area contributed by atoms with Gasteiger partial charge in [0.15, 0.2) is 0 Å². The molecule has 104 valence electrons. The molecule has 0 saturated heterocycles. The number of hydrogen-bond acceptors (Lipinski definition) is 4. The molecule has 0 fully saturated rings. The van der Waals surface area contributed by atoms with Crippen LogP contribution in [-0.2, 0) is 17.7 Å². The summed E-state index contributed by atoms with van der Waals surface area (Å²) in [4.78, 5) is 13.2. The highest BCUT2D eigenvalue weighted by Crippen LogP contribution is 2.20. The fraction of sp³-hybridized carbons (Fsp3) is 0.500. The third-order valence-electron chi connectivity index (χ3n) is 3.33. The van der Waals surface area contributed by atoms with Gasteiger partial charge in [-0.05, 0) is 29.7 Å². The molecule has 0 spiro atoms. The van der Waals surface area contributed by atoms with E-state index < -0.39 is 5.97 Å². The highest BCUT2D eigenvalue weighted by Gasteiger charge is 2.17. The second kappa shape index (κ2) is 6.65. The molecular weight excluding hydrogens is 246 g/mol. The van der Waals surface area contributed by atoms with Crippen molar-refractivity contribution in [2.24, 2.45) is 0 Å². The number of aromatic carboxylic acids is 1. The van der Waals surface area contributed by atoms with Gasteiger partial charge in [-0.2, -0.15) is 0 Å². The molecule has 0 aromatic heterocycles. The van der Waals surface area contributed by atoms with Crippen molar-refractivity contribution >= 4 is 5.97 Å². The van der Waals surface area contributed by atoms with Crippen LogP contribution in [0.2, 0.25) is 0 Å². The second-order valence-electron chi connectivity index (χ2n) is 4.65. The number of carboxylic acids is 1. The highest BCUT2D eigenvalue weighted by atomic mass is 16.5. The predicted molar refractivity (Wildman–Crippen MR) is 70.3 cm³/mol. The Morgan fingerprint density at radius 2 is 2.16 bits per heavy atom. The lowest BCUT2D eigenvalue weighted by Gasteiger charge is -2.28. The lowest BCUT2D eigenvalue weighted by Crippen LogP contribution is -2.33. The quantitative estimate of drug-likeness (QED) is 0.743. The first kappa shape index (κ1) is 14.0. The second-order valence-corrected chi connectivity index (χ2v) is 4.65. The number of fused-ring (bicyclic) bond motifs is 1. The molecule has 19 heavy (non-hydrogen) atoms. The van der Waals surface area contributed by atoms with Gasteiger partial charge in [0.05, 0.1) is 25.4 Å². The zero-order chi connectivity index (χ0) is 13.7. The summed E-state index contributed by atoms with van der Waals surface area (Å²) in [5, 5.41) is 17.6. The van der Waals surface area contributed by atoms with Crippen LogP contribution in [0.25, 0.3) is 0 Å². The zero-order valence-electron chi connectivity index (χ0n) is 10.8. The van der Waals surface area contributed by atoms with Gasteiger partial charge in [-0.25, -0.2) is 4.79 Å². The SMILES string of the molecule is O=C(O)c1ccc2c(c1)CN(CCOCCO)CC2. The predicted octanol–water partition coefficient (Wildman–Crippen LogP) is 0.752. The Balaban J connectivity index is 1.94. The molecule has 0 bridgehead atoms. The smallest absolute Gasteiger partial charge is 0.335 e. The Hall–Kier alpha value is -1.43. The van der Waals surface area contributed by atoms with E-state index in [2.05, 4.69) is 4.90 Å². The van der Waals surface area contributed by atoms with E-state index in [0.29, 0.717) is 18.8 Å². The van der Waals surface area contributed by atoms with E-state index in [1.807, 2.05) is 6.07 Å². The largest absolute Gasteiger partial charge is 0.478 e. The number of ether oxygens (including phenoxy) is 1. The lowest BCUT2D eigenvalue weighted by atomic mass is 9.97. The minimum atomic E-state index is -0.883. The van der Waals surface area contributed by atoms with Crippen molar-refractivity contribution in [1.29, 1.82) is 0 Å². The molecule has 2 rings (SSSR count). The molecular formula is C14H19NO4. The molecule has 1 aromatic carbocycles. The van der Waals surface area contributed by atoms with Gasteiger partial charge in [0.2, 0.25) is 0 Å². The number of benzene rings is 1. The van der Waals surface area contributed by atoms with Crippen LogP contribution in [0.4, 0.5) is 0 Å². The maximum Gasteiger partial charge on any atom is 0.335 e. The molecule has 5 heteroatoms. The Labute approximate surface area is 112 Å². The highest BCUT2D eigenvalue weighted by molar-refractivity contribution is 5.87. The van der Waals surface area contributed by atoms with Crippen molar-refractivity contribution < 1.29 is 19.7 Å². The molecule has 0 unspecified atom stereocenters. The number of aliphatic hydroxyl groups is 1. The number of nitrogens with zero attached hydrogens (tertiary/aromatic N) is 1. The third kappa shape index (κ3) is 3.76. The van der Waals surface area contributed by atoms with Crippen LogP contribution in [0.3, 0.4) is 0 Å². The van der Waals surface area contributed by atoms with Crippen molar-refractivity contribution in [1.82, 2.24) is 4.90 Å². The molecule has 2 N–H and O–H groups in total. The van der Waals surface area contributed by atoms with Gasteiger partial charge >= 0.3 is 5.97 Å². The van der Waals surface area contributed by atoms with Crippen molar-refractivity contribution in [2.45, 2.75) is 13.0 Å². The van der Waals surface area contributed by atoms with Crippen molar-refractivity contribution in [3.05, 3.63) is 34.9 Å². The zero-order valence-corrected chi connectivity index (χ0v) is 10.8. The van der Waals surface area contributed by atoms with Crippen LogP contribution < -0.4 is 0 Å². The molecule has 0 radical (unpaired) electrons. The van der Waals surface area contributed by atoms with Gasteiger partial charge in [0.1, 0.15) is 0 Å². The summed E-state index contributed by atoms with van der Waals surface area (Å²) in [6, 6.07) is 5.35. The molecule has 0 amide bonds. The van der Waals surface area contributed by atoms with E-state index >= 15 is 0 Å². The van der Waals surface area contributed by atoms with Gasteiger partial charge in [0, 0.05) is 19.6 Å². The van der Waals surface area contributed by atoms with E-state index in [-0.39, 0.29) is 6.61 Å². The van der Waals surface area contributed by atoms with Crippen LogP contribution in [0, 0.1) is 0 Å². The standard InChI is InChI=1S/C14H19NO4/c16-6-8-19-7-5-15-4-3-11-1-2-12(14(17)18)9-13(11)10-15/h1-2,9,16H,3-8,10H2,(H,17,18). The minimum absolute atomic E-state index is 0.0464. The summed E-state index contributed by atoms with van der Waals surface area (Å²) >= 11 is 0. The van der Waals surface area contributed by atoms with Crippen LogP contribution in [0.1, 0.15) is 21.5 Å². The maximum absolute atomic E-state index is 11.0. The molecule has 1 aliphatic heterocycles. The number of rotatable bonds is 6. The van der Waals surface area contributed by atoms with Gasteiger partial charge in [-0.3, -0.25) is 4.90 Å². The van der Waals surface area contributed by atoms with E-state index in [1.165, 1.54) is 5.56 Å². The summed E-state index contributed by atoms with van der Waals surface area (Å²) < 4.78 is 5.25. The summed E-state index contributed by atoms with van der Waals surface area (Å²) in [7, 11) is 0. The fourth-order valence-electron chi connectivity index (χ4n) is 2.30. The van der Waals surface area contributed by atoms with E-state index in [0.717, 1.165) is 31.6 Å². The number of hydrogen-bond donors (Lipinski definition) is 2. The average Bonchev–Trinajstić information content (AvgIpc) is 2.42. The fourth-order valence-corrected chi connectivity index (χ4v) is 2.30. The van der Waals surface area contributed by atoms with Crippen molar-refractivity contribution in [3.8, 4) is 0 Å². The van der Waals surface area contributed by atoms with Crippen LogP contribution in [-0.4, -0.2) is 54.0 Å². The van der Waals surface area contributed by atoms with Gasteiger partial charge in [-0.1, -0.05) is 6.07 Å². The number of carbonyl (C=O) groups is 1. The minimum Gasteiger partial charge on any atom is -0.478 e. The summed E-state index contributed by atoms with van der Waals surface area (Å²) in [6.07, 6.45) is 0.940. The molecule has 1 heterocycles. The summed E-state index contributed by atoms with van der Waals surface area (Å²) in [6.45, 7) is 3.53. The van der Waals surface area contributed by atoms with Crippen molar-refractivity contribution in [3.63, 3.8) is 0 Å². The Bertz CT molecular complexity index is 447. The van der Waals surface area contributed by atoms with E-state index in [4.69, 9.17) is 14.9 Å². The Morgan fingerprint density at radius 1 is 1.32 bits per heavy atom. The first-order chi connectivity index (χ1) is 9.20. The monoisotopic (exact) mass is 265 g/mol. The summed E-state index contributed by atoms with van der Waals surface area (Å²) in [5.74, 6) is -0.883. The number of aliphatic hydroxyl groups excluding tert-OH is 1. The van der Waals surface area contributed by atoms with Gasteiger partial charge < -0.3 is 14.9 Å². The van der Waals surface area contributed by atoms with E-state index in [9.17, 15) is 4.79 Å². The van der Waals surface area contributed by atoms with E-state index in [1.54, 1.807) is 12.1 Å². The molecule has 1 aromatic rings. The topological polar surface area (TPSA) is 70.0 Å². The molecule has 0 aliphatic carbocycles. The Kier molecular flexibility index (Phi) is 4.90. The molecule has 0 saturated carbocycles. The third-order valence-corrected chi connectivity index (χ3v) is 3.33. The molecule has 0 atom stereocenters. The summed E-state index contributed by atoms with van der Waals surface area (Å²) in [5.41, 5.74) is 2.67. The number of carboxylic acid groups (broad SMARTS) is 1.